The van der Waals surface area contributed by atoms with Gasteiger partial charge < -0.3 is 4.42 Å². The third-order valence-corrected chi connectivity index (χ3v) is 11.9. The van der Waals surface area contributed by atoms with Crippen molar-refractivity contribution in [2.75, 3.05) is 0 Å². The average Bonchev–Trinajstić information content (AvgIpc) is 3.91. The highest BCUT2D eigenvalue weighted by atomic mass is 16.3. The molecule has 0 bridgehead atoms. The van der Waals surface area contributed by atoms with Gasteiger partial charge in [-0.3, -0.25) is 4.57 Å². The maximum atomic E-state index is 6.70. The van der Waals surface area contributed by atoms with Crippen molar-refractivity contribution in [3.8, 4) is 73.2 Å². The number of benzene rings is 9. The maximum absolute atomic E-state index is 6.70. The van der Waals surface area contributed by atoms with Crippen molar-refractivity contribution >= 4 is 43.7 Å². The summed E-state index contributed by atoms with van der Waals surface area (Å²) in [5.41, 5.74) is 14.5. The lowest BCUT2D eigenvalue weighted by Gasteiger charge is -2.13. The second kappa shape index (κ2) is 14.7. The molecule has 12 aromatic rings. The third-order valence-electron chi connectivity index (χ3n) is 11.9. The molecule has 0 saturated heterocycles. The molecule has 0 amide bonds. The summed E-state index contributed by atoms with van der Waals surface area (Å²) >= 11 is 0. The minimum atomic E-state index is 0.513. The Kier molecular flexibility index (Phi) is 8.42. The van der Waals surface area contributed by atoms with E-state index in [-0.39, 0.29) is 0 Å². The normalized spacial score (nSPS) is 11.5. The molecule has 3 heterocycles. The summed E-state index contributed by atoms with van der Waals surface area (Å²) in [6.07, 6.45) is 0. The summed E-state index contributed by atoms with van der Waals surface area (Å²) in [6.45, 7) is 0. The van der Waals surface area contributed by atoms with E-state index in [1.165, 1.54) is 11.1 Å². The molecule has 0 saturated carbocycles. The molecule has 3 aromatic heterocycles. The predicted octanol–water partition coefficient (Wildman–Crippen LogP) is 14.9. The van der Waals surface area contributed by atoms with Gasteiger partial charge in [-0.1, -0.05) is 188 Å². The van der Waals surface area contributed by atoms with E-state index in [1.54, 1.807) is 0 Å². The largest absolute Gasteiger partial charge is 0.454 e. The Balaban J connectivity index is 1.06. The van der Waals surface area contributed by atoms with Gasteiger partial charge >= 0.3 is 0 Å². The van der Waals surface area contributed by atoms with Gasteiger partial charge in [0.1, 0.15) is 11.1 Å². The fourth-order valence-electron chi connectivity index (χ4n) is 8.91. The van der Waals surface area contributed by atoms with Crippen LogP contribution in [0.25, 0.3) is 117 Å². The highest BCUT2D eigenvalue weighted by Gasteiger charge is 2.22. The van der Waals surface area contributed by atoms with Crippen LogP contribution in [0.15, 0.2) is 223 Å². The molecule has 0 N–H and O–H groups in total. The Morgan fingerprint density at radius 3 is 1.60 bits per heavy atom. The zero-order valence-corrected chi connectivity index (χ0v) is 33.5. The molecule has 0 unspecified atom stereocenters. The highest BCUT2D eigenvalue weighted by Crippen LogP contribution is 2.41. The molecular formula is C57H36N4O. The second-order valence-electron chi connectivity index (χ2n) is 15.6. The van der Waals surface area contributed by atoms with E-state index in [0.29, 0.717) is 17.6 Å². The molecule has 9 aromatic carbocycles. The van der Waals surface area contributed by atoms with Crippen LogP contribution >= 0.6 is 0 Å². The van der Waals surface area contributed by atoms with Gasteiger partial charge in [0.05, 0.1) is 5.52 Å². The van der Waals surface area contributed by atoms with Crippen molar-refractivity contribution in [3.63, 3.8) is 0 Å². The Morgan fingerprint density at radius 2 is 0.839 bits per heavy atom. The van der Waals surface area contributed by atoms with Crippen LogP contribution in [0.4, 0.5) is 0 Å². The fraction of sp³-hybridized carbons (Fsp3) is 0. The number of furan rings is 1. The van der Waals surface area contributed by atoms with Gasteiger partial charge in [-0.15, -0.1) is 0 Å². The van der Waals surface area contributed by atoms with Crippen LogP contribution in [0.2, 0.25) is 0 Å². The summed E-state index contributed by atoms with van der Waals surface area (Å²) in [7, 11) is 0. The van der Waals surface area contributed by atoms with Crippen LogP contribution in [0.3, 0.4) is 0 Å². The lowest BCUT2D eigenvalue weighted by atomic mass is 9.94. The molecule has 0 aliphatic carbocycles. The molecular weight excluding hydrogens is 757 g/mol. The topological polar surface area (TPSA) is 56.7 Å². The van der Waals surface area contributed by atoms with Gasteiger partial charge in [0.15, 0.2) is 17.2 Å². The zero-order chi connectivity index (χ0) is 41.0. The lowest BCUT2D eigenvalue weighted by Crippen LogP contribution is -2.06. The Hall–Kier alpha value is -8.41. The van der Waals surface area contributed by atoms with Crippen LogP contribution in [0, 0.1) is 0 Å². The average molecular weight is 793 g/mol. The first kappa shape index (κ1) is 35.5. The molecule has 0 radical (unpaired) electrons. The smallest absolute Gasteiger partial charge is 0.238 e. The number of aromatic nitrogens is 4. The van der Waals surface area contributed by atoms with E-state index in [1.807, 2.05) is 18.2 Å². The van der Waals surface area contributed by atoms with Crippen molar-refractivity contribution in [3.05, 3.63) is 218 Å². The first-order valence-electron chi connectivity index (χ1n) is 20.8. The highest BCUT2D eigenvalue weighted by molar-refractivity contribution is 6.21. The van der Waals surface area contributed by atoms with Crippen molar-refractivity contribution in [2.24, 2.45) is 0 Å². The fourth-order valence-corrected chi connectivity index (χ4v) is 8.91. The van der Waals surface area contributed by atoms with Gasteiger partial charge in [-0.2, -0.15) is 9.97 Å². The summed E-state index contributed by atoms with van der Waals surface area (Å²) in [5, 5.41) is 4.27. The SMILES string of the molecule is c1ccc(-c2cccc(-c3ccc(-c4nc(-c5cccc(-c6ccccc6-c6ccccc6)c5)nc(-n5c6ccccc6c6ccc7c8ccccc8oc7c65)n4)cc3)c2)cc1. The van der Waals surface area contributed by atoms with Crippen LogP contribution in [-0.4, -0.2) is 19.5 Å². The van der Waals surface area contributed by atoms with Crippen LogP contribution in [0.1, 0.15) is 0 Å². The molecule has 62 heavy (non-hydrogen) atoms. The maximum Gasteiger partial charge on any atom is 0.238 e. The quantitative estimate of drug-likeness (QED) is 0.161. The molecule has 12 rings (SSSR count). The Labute approximate surface area is 357 Å². The number of rotatable bonds is 7. The molecule has 0 aliphatic heterocycles. The second-order valence-corrected chi connectivity index (χ2v) is 15.6. The van der Waals surface area contributed by atoms with Crippen molar-refractivity contribution in [1.82, 2.24) is 19.5 Å². The lowest BCUT2D eigenvalue weighted by molar-refractivity contribution is 0.670. The minimum Gasteiger partial charge on any atom is -0.454 e. The summed E-state index contributed by atoms with van der Waals surface area (Å²) in [4.78, 5) is 15.9. The summed E-state index contributed by atoms with van der Waals surface area (Å²) in [5.74, 6) is 1.66. The molecule has 0 aliphatic rings. The molecule has 0 atom stereocenters. The van der Waals surface area contributed by atoms with Crippen LogP contribution in [-0.2, 0) is 0 Å². The van der Waals surface area contributed by atoms with Crippen LogP contribution < -0.4 is 0 Å². The zero-order valence-electron chi connectivity index (χ0n) is 33.5. The van der Waals surface area contributed by atoms with E-state index >= 15 is 0 Å². The summed E-state index contributed by atoms with van der Waals surface area (Å²) < 4.78 is 8.85. The van der Waals surface area contributed by atoms with E-state index in [2.05, 4.69) is 205 Å². The molecule has 5 nitrogen and oxygen atoms in total. The molecule has 0 spiro atoms. The number of para-hydroxylation sites is 2. The third kappa shape index (κ3) is 6.06. The Morgan fingerprint density at radius 1 is 0.323 bits per heavy atom. The minimum absolute atomic E-state index is 0.513. The van der Waals surface area contributed by atoms with Gasteiger partial charge in [0, 0.05) is 32.7 Å². The first-order chi connectivity index (χ1) is 30.7. The van der Waals surface area contributed by atoms with Gasteiger partial charge in [0.25, 0.3) is 0 Å². The predicted molar refractivity (Wildman–Crippen MR) is 254 cm³/mol. The van der Waals surface area contributed by atoms with Crippen molar-refractivity contribution in [1.29, 1.82) is 0 Å². The van der Waals surface area contributed by atoms with Crippen molar-refractivity contribution < 1.29 is 4.42 Å². The Bertz CT molecular complexity index is 3630. The molecule has 5 heteroatoms. The van der Waals surface area contributed by atoms with E-state index < -0.39 is 0 Å². The summed E-state index contributed by atoms with van der Waals surface area (Å²) in [6, 6.07) is 76.3. The molecule has 290 valence electrons. The number of fused-ring (bicyclic) bond motifs is 7. The van der Waals surface area contributed by atoms with Crippen molar-refractivity contribution in [2.45, 2.75) is 0 Å². The standard InChI is InChI=1S/C57H36N4O/c1-3-15-37(16-4-1)41-19-13-20-42(35-41)38-29-31-40(32-30-38)55-58-56(44-22-14-21-43(36-44)46-24-8-7-23-45(46)39-17-5-2-6-18-39)60-57(59-55)61-51-27-11-9-25-47(51)49-33-34-50-48-26-10-12-28-52(48)62-54(50)53(49)61/h1-36H. The van der Waals surface area contributed by atoms with E-state index in [0.717, 1.165) is 88.3 Å². The van der Waals surface area contributed by atoms with Gasteiger partial charge in [0.2, 0.25) is 5.95 Å². The number of hydrogen-bond donors (Lipinski definition) is 0. The molecule has 0 fully saturated rings. The number of hydrogen-bond acceptors (Lipinski definition) is 4. The van der Waals surface area contributed by atoms with Crippen LogP contribution in [0.5, 0.6) is 0 Å². The monoisotopic (exact) mass is 792 g/mol. The number of nitrogens with zero attached hydrogens (tertiary/aromatic N) is 4. The first-order valence-corrected chi connectivity index (χ1v) is 20.8. The van der Waals surface area contributed by atoms with Gasteiger partial charge in [-0.25, -0.2) is 4.98 Å². The van der Waals surface area contributed by atoms with Gasteiger partial charge in [-0.05, 0) is 74.8 Å². The van der Waals surface area contributed by atoms with E-state index in [4.69, 9.17) is 19.4 Å². The van der Waals surface area contributed by atoms with E-state index in [9.17, 15) is 0 Å².